The molecule has 2 amide bonds. The van der Waals surface area contributed by atoms with Crippen LogP contribution < -0.4 is 14.4 Å². The topological polar surface area (TPSA) is 96.0 Å². The fourth-order valence-corrected chi connectivity index (χ4v) is 5.88. The van der Waals surface area contributed by atoms with Crippen LogP contribution in [0.1, 0.15) is 44.6 Å². The van der Waals surface area contributed by atoms with Crippen LogP contribution in [0.15, 0.2) is 42.5 Å². The Labute approximate surface area is 228 Å². The van der Waals surface area contributed by atoms with Gasteiger partial charge in [0, 0.05) is 34.3 Å². The Bertz CT molecular complexity index is 1200. The van der Waals surface area contributed by atoms with Gasteiger partial charge in [0.1, 0.15) is 18.3 Å². The van der Waals surface area contributed by atoms with E-state index < -0.39 is 28.5 Å². The van der Waals surface area contributed by atoms with Crippen molar-refractivity contribution in [2.45, 2.75) is 57.7 Å². The highest BCUT2D eigenvalue weighted by atomic mass is 35.5. The van der Waals surface area contributed by atoms with Crippen LogP contribution in [0, 0.1) is 0 Å². The zero-order chi connectivity index (χ0) is 27.2. The summed E-state index contributed by atoms with van der Waals surface area (Å²) in [5.41, 5.74) is 0.757. The summed E-state index contributed by atoms with van der Waals surface area (Å²) in [5.74, 6) is -0.392. The van der Waals surface area contributed by atoms with Crippen LogP contribution in [0.25, 0.3) is 0 Å². The molecule has 1 aliphatic rings. The number of rotatable bonds is 11. The SMILES string of the molecule is CC[C@@H](C(=O)NC1CCCC1)N(Cc1c(Cl)cccc1Cl)C(=O)CN(c1cccc(OC)c1)S(C)(=O)=O. The van der Waals surface area contributed by atoms with E-state index in [9.17, 15) is 18.0 Å². The van der Waals surface area contributed by atoms with Crippen LogP contribution in [-0.4, -0.2) is 57.1 Å². The standard InChI is InChI=1S/C26H33Cl2N3O5S/c1-4-24(26(33)29-18-9-5-6-10-18)30(16-21-22(27)13-8-14-23(21)28)25(32)17-31(37(3,34)35)19-11-7-12-20(15-19)36-2/h7-8,11-15,18,24H,4-6,9-10,16-17H2,1-3H3,(H,29,33)/t24-/m0/s1. The smallest absolute Gasteiger partial charge is 0.244 e. The predicted octanol–water partition coefficient (Wildman–Crippen LogP) is 4.63. The van der Waals surface area contributed by atoms with Crippen LogP contribution in [-0.2, 0) is 26.2 Å². The molecule has 202 valence electrons. The van der Waals surface area contributed by atoms with Crippen molar-refractivity contribution in [2.75, 3.05) is 24.2 Å². The van der Waals surface area contributed by atoms with Gasteiger partial charge in [-0.1, -0.05) is 55.1 Å². The molecule has 0 aliphatic heterocycles. The molecule has 2 aromatic rings. The van der Waals surface area contributed by atoms with E-state index in [1.54, 1.807) is 36.4 Å². The molecular formula is C26H33Cl2N3O5S. The monoisotopic (exact) mass is 569 g/mol. The average Bonchev–Trinajstić information content (AvgIpc) is 3.36. The lowest BCUT2D eigenvalue weighted by atomic mass is 10.1. The molecule has 0 unspecified atom stereocenters. The summed E-state index contributed by atoms with van der Waals surface area (Å²) in [7, 11) is -2.38. The molecule has 0 bridgehead atoms. The van der Waals surface area contributed by atoms with Crippen molar-refractivity contribution in [1.82, 2.24) is 10.2 Å². The third kappa shape index (κ3) is 7.52. The summed E-state index contributed by atoms with van der Waals surface area (Å²) in [6.45, 7) is 1.24. The lowest BCUT2D eigenvalue weighted by Gasteiger charge is -2.33. The zero-order valence-electron chi connectivity index (χ0n) is 21.2. The third-order valence-corrected chi connectivity index (χ3v) is 8.35. The van der Waals surface area contributed by atoms with Crippen molar-refractivity contribution < 1.29 is 22.7 Å². The van der Waals surface area contributed by atoms with Crippen molar-refractivity contribution >= 4 is 50.7 Å². The van der Waals surface area contributed by atoms with Gasteiger partial charge in [-0.05, 0) is 43.5 Å². The highest BCUT2D eigenvalue weighted by Crippen LogP contribution is 2.28. The number of amides is 2. The van der Waals surface area contributed by atoms with Gasteiger partial charge in [-0.15, -0.1) is 0 Å². The molecule has 2 aromatic carbocycles. The number of hydrogen-bond donors (Lipinski definition) is 1. The van der Waals surface area contributed by atoms with E-state index >= 15 is 0 Å². The maximum atomic E-state index is 13.8. The fourth-order valence-electron chi connectivity index (χ4n) is 4.52. The first-order valence-electron chi connectivity index (χ1n) is 12.2. The molecular weight excluding hydrogens is 537 g/mol. The van der Waals surface area contributed by atoms with Gasteiger partial charge in [0.25, 0.3) is 0 Å². The van der Waals surface area contributed by atoms with E-state index in [0.29, 0.717) is 27.8 Å². The number of methoxy groups -OCH3 is 1. The van der Waals surface area contributed by atoms with Crippen LogP contribution in [0.5, 0.6) is 5.75 Å². The third-order valence-electron chi connectivity index (χ3n) is 6.50. The van der Waals surface area contributed by atoms with Gasteiger partial charge >= 0.3 is 0 Å². The van der Waals surface area contributed by atoms with Gasteiger partial charge in [0.2, 0.25) is 21.8 Å². The second kappa shape index (κ2) is 12.8. The molecule has 0 saturated heterocycles. The Hall–Kier alpha value is -2.49. The number of hydrogen-bond acceptors (Lipinski definition) is 5. The van der Waals surface area contributed by atoms with Gasteiger partial charge in [0.15, 0.2) is 0 Å². The highest BCUT2D eigenvalue weighted by molar-refractivity contribution is 7.92. The summed E-state index contributed by atoms with van der Waals surface area (Å²) in [6.07, 6.45) is 5.23. The maximum absolute atomic E-state index is 13.8. The number of ether oxygens (including phenoxy) is 1. The number of nitrogens with one attached hydrogen (secondary N) is 1. The molecule has 1 aliphatic carbocycles. The van der Waals surface area contributed by atoms with Crippen molar-refractivity contribution in [3.05, 3.63) is 58.1 Å². The Morgan fingerprint density at radius 3 is 2.30 bits per heavy atom. The van der Waals surface area contributed by atoms with Gasteiger partial charge in [-0.3, -0.25) is 13.9 Å². The first-order valence-corrected chi connectivity index (χ1v) is 14.8. The molecule has 0 heterocycles. The summed E-state index contributed by atoms with van der Waals surface area (Å²) < 4.78 is 31.7. The number of halogens is 2. The van der Waals surface area contributed by atoms with Crippen molar-refractivity contribution in [1.29, 1.82) is 0 Å². The van der Waals surface area contributed by atoms with Crippen LogP contribution >= 0.6 is 23.2 Å². The number of carbonyl (C=O) groups excluding carboxylic acids is 2. The summed E-state index contributed by atoms with van der Waals surface area (Å²) in [4.78, 5) is 28.5. The molecule has 37 heavy (non-hydrogen) atoms. The summed E-state index contributed by atoms with van der Waals surface area (Å²) in [5, 5.41) is 3.77. The van der Waals surface area contributed by atoms with Crippen molar-refractivity contribution in [3.8, 4) is 5.75 Å². The van der Waals surface area contributed by atoms with Crippen LogP contribution in [0.2, 0.25) is 10.0 Å². The van der Waals surface area contributed by atoms with E-state index in [0.717, 1.165) is 36.2 Å². The second-order valence-corrected chi connectivity index (χ2v) is 11.8. The quantitative estimate of drug-likeness (QED) is 0.425. The van der Waals surface area contributed by atoms with E-state index in [1.165, 1.54) is 18.1 Å². The number of nitrogens with zero attached hydrogens (tertiary/aromatic N) is 2. The molecule has 1 fully saturated rings. The Morgan fingerprint density at radius 2 is 1.73 bits per heavy atom. The van der Waals surface area contributed by atoms with Crippen molar-refractivity contribution in [3.63, 3.8) is 0 Å². The van der Waals surface area contributed by atoms with E-state index in [2.05, 4.69) is 5.32 Å². The fraction of sp³-hybridized carbons (Fsp3) is 0.462. The minimum absolute atomic E-state index is 0.0519. The van der Waals surface area contributed by atoms with Crippen LogP contribution in [0.4, 0.5) is 5.69 Å². The lowest BCUT2D eigenvalue weighted by molar-refractivity contribution is -0.140. The number of carbonyl (C=O) groups is 2. The molecule has 8 nitrogen and oxygen atoms in total. The van der Waals surface area contributed by atoms with Crippen molar-refractivity contribution in [2.24, 2.45) is 0 Å². The number of anilines is 1. The highest BCUT2D eigenvalue weighted by Gasteiger charge is 2.33. The summed E-state index contributed by atoms with van der Waals surface area (Å²) >= 11 is 12.8. The van der Waals surface area contributed by atoms with Gasteiger partial charge in [-0.2, -0.15) is 0 Å². The average molecular weight is 571 g/mol. The first-order chi connectivity index (χ1) is 17.5. The van der Waals surface area contributed by atoms with Gasteiger partial charge in [-0.25, -0.2) is 8.42 Å². The molecule has 1 N–H and O–H groups in total. The minimum Gasteiger partial charge on any atom is -0.497 e. The Kier molecular flexibility index (Phi) is 10.1. The Morgan fingerprint density at radius 1 is 1.11 bits per heavy atom. The van der Waals surface area contributed by atoms with Gasteiger partial charge < -0.3 is 15.0 Å². The molecule has 0 aromatic heterocycles. The molecule has 3 rings (SSSR count). The molecule has 0 radical (unpaired) electrons. The van der Waals surface area contributed by atoms with E-state index in [1.807, 2.05) is 6.92 Å². The largest absolute Gasteiger partial charge is 0.497 e. The first kappa shape index (κ1) is 29.1. The van der Waals surface area contributed by atoms with E-state index in [-0.39, 0.29) is 24.2 Å². The maximum Gasteiger partial charge on any atom is 0.244 e. The predicted molar refractivity (Wildman–Crippen MR) is 147 cm³/mol. The Balaban J connectivity index is 1.97. The molecule has 1 saturated carbocycles. The van der Waals surface area contributed by atoms with Crippen LogP contribution in [0.3, 0.4) is 0 Å². The lowest BCUT2D eigenvalue weighted by Crippen LogP contribution is -2.53. The molecule has 11 heteroatoms. The normalized spacial score (nSPS) is 14.7. The second-order valence-electron chi connectivity index (χ2n) is 9.11. The van der Waals surface area contributed by atoms with E-state index in [4.69, 9.17) is 27.9 Å². The zero-order valence-corrected chi connectivity index (χ0v) is 23.6. The molecule has 0 spiro atoms. The van der Waals surface area contributed by atoms with Gasteiger partial charge in [0.05, 0.1) is 19.1 Å². The minimum atomic E-state index is -3.85. The number of benzene rings is 2. The summed E-state index contributed by atoms with van der Waals surface area (Å²) in [6, 6.07) is 10.7. The number of sulfonamides is 1. The molecule has 1 atom stereocenters.